The average molecular weight is 261 g/mol. The summed E-state index contributed by atoms with van der Waals surface area (Å²) in [5.74, 6) is 0.245. The van der Waals surface area contributed by atoms with Gasteiger partial charge in [-0.1, -0.05) is 50.3 Å². The molecule has 3 nitrogen and oxygen atoms in total. The SMILES string of the molecule is O=C(Nc1ccccc1CO)C1CCCCCCC1. The number of benzene rings is 1. The van der Waals surface area contributed by atoms with Crippen molar-refractivity contribution >= 4 is 11.6 Å². The van der Waals surface area contributed by atoms with Crippen LogP contribution in [-0.2, 0) is 11.4 Å². The van der Waals surface area contributed by atoms with E-state index in [2.05, 4.69) is 5.32 Å². The van der Waals surface area contributed by atoms with Gasteiger partial charge in [-0.05, 0) is 18.9 Å². The molecule has 0 atom stereocenters. The van der Waals surface area contributed by atoms with Crippen molar-refractivity contribution in [3.05, 3.63) is 29.8 Å². The minimum absolute atomic E-state index is 0.0406. The molecule has 1 aromatic rings. The van der Waals surface area contributed by atoms with E-state index in [-0.39, 0.29) is 18.4 Å². The predicted octanol–water partition coefficient (Wildman–Crippen LogP) is 3.48. The third kappa shape index (κ3) is 4.06. The zero-order valence-corrected chi connectivity index (χ0v) is 11.4. The van der Waals surface area contributed by atoms with Crippen molar-refractivity contribution in [3.8, 4) is 0 Å². The van der Waals surface area contributed by atoms with Crippen molar-refractivity contribution in [3.63, 3.8) is 0 Å². The van der Waals surface area contributed by atoms with Crippen LogP contribution in [0.5, 0.6) is 0 Å². The second-order valence-corrected chi connectivity index (χ2v) is 5.35. The van der Waals surface area contributed by atoms with Crippen LogP contribution >= 0.6 is 0 Å². The average Bonchev–Trinajstić information content (AvgIpc) is 2.38. The molecule has 0 spiro atoms. The zero-order valence-electron chi connectivity index (χ0n) is 11.4. The molecule has 2 rings (SSSR count). The summed E-state index contributed by atoms with van der Waals surface area (Å²) < 4.78 is 0. The predicted molar refractivity (Wildman–Crippen MR) is 76.8 cm³/mol. The van der Waals surface area contributed by atoms with Crippen LogP contribution in [0, 0.1) is 5.92 Å². The molecule has 104 valence electrons. The smallest absolute Gasteiger partial charge is 0.227 e. The van der Waals surface area contributed by atoms with E-state index in [1.807, 2.05) is 24.3 Å². The van der Waals surface area contributed by atoms with Gasteiger partial charge in [0.1, 0.15) is 0 Å². The highest BCUT2D eigenvalue weighted by molar-refractivity contribution is 5.93. The van der Waals surface area contributed by atoms with Crippen molar-refractivity contribution in [2.45, 2.75) is 51.6 Å². The number of aliphatic hydroxyl groups excluding tert-OH is 1. The van der Waals surface area contributed by atoms with Gasteiger partial charge in [0.15, 0.2) is 0 Å². The lowest BCUT2D eigenvalue weighted by atomic mass is 9.90. The summed E-state index contributed by atoms with van der Waals surface area (Å²) in [6.45, 7) is -0.0406. The Kier molecular flexibility index (Phi) is 5.40. The number of aliphatic hydroxyl groups is 1. The Labute approximate surface area is 115 Å². The largest absolute Gasteiger partial charge is 0.392 e. The first-order valence-electron chi connectivity index (χ1n) is 7.31. The molecule has 1 amide bonds. The normalized spacial score (nSPS) is 17.5. The molecular weight excluding hydrogens is 238 g/mol. The van der Waals surface area contributed by atoms with E-state index in [0.717, 1.165) is 36.9 Å². The molecule has 0 aromatic heterocycles. The lowest BCUT2D eigenvalue weighted by Gasteiger charge is -2.19. The maximum atomic E-state index is 12.3. The molecule has 1 aliphatic carbocycles. The van der Waals surface area contributed by atoms with E-state index in [9.17, 15) is 9.90 Å². The number of carbonyl (C=O) groups is 1. The van der Waals surface area contributed by atoms with Crippen molar-refractivity contribution in [1.29, 1.82) is 0 Å². The maximum absolute atomic E-state index is 12.3. The topological polar surface area (TPSA) is 49.3 Å². The highest BCUT2D eigenvalue weighted by Gasteiger charge is 2.19. The number of hydrogen-bond acceptors (Lipinski definition) is 2. The van der Waals surface area contributed by atoms with E-state index in [1.54, 1.807) is 0 Å². The van der Waals surface area contributed by atoms with Crippen LogP contribution < -0.4 is 5.32 Å². The number of anilines is 1. The summed E-state index contributed by atoms with van der Waals surface area (Å²) in [4.78, 5) is 12.3. The molecule has 1 fully saturated rings. The van der Waals surface area contributed by atoms with Gasteiger partial charge in [0.25, 0.3) is 0 Å². The molecule has 2 N–H and O–H groups in total. The first-order chi connectivity index (χ1) is 9.31. The second kappa shape index (κ2) is 7.29. The Morgan fingerprint density at radius 1 is 1.11 bits per heavy atom. The van der Waals surface area contributed by atoms with Crippen LogP contribution in [0.3, 0.4) is 0 Å². The van der Waals surface area contributed by atoms with Crippen LogP contribution in [0.15, 0.2) is 24.3 Å². The Balaban J connectivity index is 1.98. The molecule has 1 saturated carbocycles. The number of carbonyl (C=O) groups excluding carboxylic acids is 1. The molecule has 0 saturated heterocycles. The lowest BCUT2D eigenvalue weighted by Crippen LogP contribution is -2.24. The summed E-state index contributed by atoms with van der Waals surface area (Å²) in [7, 11) is 0. The Hall–Kier alpha value is -1.35. The summed E-state index contributed by atoms with van der Waals surface area (Å²) in [6.07, 6.45) is 8.09. The molecule has 3 heteroatoms. The van der Waals surface area contributed by atoms with E-state index < -0.39 is 0 Å². The quantitative estimate of drug-likeness (QED) is 0.875. The van der Waals surface area contributed by atoms with E-state index >= 15 is 0 Å². The summed E-state index contributed by atoms with van der Waals surface area (Å²) in [5, 5.41) is 12.3. The van der Waals surface area contributed by atoms with Gasteiger partial charge in [-0.15, -0.1) is 0 Å². The Morgan fingerprint density at radius 3 is 2.42 bits per heavy atom. The van der Waals surface area contributed by atoms with Gasteiger partial charge in [0.05, 0.1) is 6.61 Å². The van der Waals surface area contributed by atoms with E-state index in [0.29, 0.717) is 0 Å². The highest BCUT2D eigenvalue weighted by Crippen LogP contribution is 2.24. The summed E-state index contributed by atoms with van der Waals surface area (Å²) in [6, 6.07) is 7.45. The molecule has 0 bridgehead atoms. The number of amides is 1. The fraction of sp³-hybridized carbons (Fsp3) is 0.562. The van der Waals surface area contributed by atoms with E-state index in [4.69, 9.17) is 0 Å². The first kappa shape index (κ1) is 14.1. The summed E-state index contributed by atoms with van der Waals surface area (Å²) in [5.41, 5.74) is 1.53. The fourth-order valence-electron chi connectivity index (χ4n) is 2.73. The van der Waals surface area contributed by atoms with Gasteiger partial charge in [0.2, 0.25) is 5.91 Å². The van der Waals surface area contributed by atoms with Crippen LogP contribution in [-0.4, -0.2) is 11.0 Å². The van der Waals surface area contributed by atoms with Gasteiger partial charge in [-0.25, -0.2) is 0 Å². The van der Waals surface area contributed by atoms with E-state index in [1.165, 1.54) is 19.3 Å². The van der Waals surface area contributed by atoms with Crippen molar-refractivity contribution in [1.82, 2.24) is 0 Å². The van der Waals surface area contributed by atoms with Crippen LogP contribution in [0.25, 0.3) is 0 Å². The first-order valence-corrected chi connectivity index (χ1v) is 7.31. The van der Waals surface area contributed by atoms with Crippen molar-refractivity contribution in [2.24, 2.45) is 5.92 Å². The molecule has 19 heavy (non-hydrogen) atoms. The molecule has 0 aliphatic heterocycles. The molecule has 1 aromatic carbocycles. The third-order valence-corrected chi connectivity index (χ3v) is 3.92. The standard InChI is InChI=1S/C16H23NO2/c18-12-14-10-6-7-11-15(14)17-16(19)13-8-4-2-1-3-5-9-13/h6-7,10-11,13,18H,1-5,8-9,12H2,(H,17,19). The van der Waals surface area contributed by atoms with Gasteiger partial charge < -0.3 is 10.4 Å². The van der Waals surface area contributed by atoms with Gasteiger partial charge >= 0.3 is 0 Å². The molecule has 0 unspecified atom stereocenters. The molecule has 0 heterocycles. The maximum Gasteiger partial charge on any atom is 0.227 e. The molecular formula is C16H23NO2. The van der Waals surface area contributed by atoms with Gasteiger partial charge in [-0.2, -0.15) is 0 Å². The van der Waals surface area contributed by atoms with Gasteiger partial charge in [0, 0.05) is 17.2 Å². The van der Waals surface area contributed by atoms with Crippen LogP contribution in [0.4, 0.5) is 5.69 Å². The summed E-state index contributed by atoms with van der Waals surface area (Å²) >= 11 is 0. The van der Waals surface area contributed by atoms with Crippen LogP contribution in [0.2, 0.25) is 0 Å². The minimum Gasteiger partial charge on any atom is -0.392 e. The second-order valence-electron chi connectivity index (χ2n) is 5.35. The number of nitrogens with one attached hydrogen (secondary N) is 1. The monoisotopic (exact) mass is 261 g/mol. The van der Waals surface area contributed by atoms with Crippen molar-refractivity contribution in [2.75, 3.05) is 5.32 Å². The number of para-hydroxylation sites is 1. The number of rotatable bonds is 3. The Morgan fingerprint density at radius 2 is 1.74 bits per heavy atom. The molecule has 0 radical (unpaired) electrons. The highest BCUT2D eigenvalue weighted by atomic mass is 16.3. The minimum atomic E-state index is -0.0406. The van der Waals surface area contributed by atoms with Crippen molar-refractivity contribution < 1.29 is 9.90 Å². The third-order valence-electron chi connectivity index (χ3n) is 3.92. The molecule has 1 aliphatic rings. The lowest BCUT2D eigenvalue weighted by molar-refractivity contribution is -0.120. The van der Waals surface area contributed by atoms with Gasteiger partial charge in [-0.3, -0.25) is 4.79 Å². The zero-order chi connectivity index (χ0) is 13.5. The Bertz CT molecular complexity index is 409. The fourth-order valence-corrected chi connectivity index (χ4v) is 2.73. The number of hydrogen-bond donors (Lipinski definition) is 2. The van der Waals surface area contributed by atoms with Crippen LogP contribution in [0.1, 0.15) is 50.5 Å².